The lowest BCUT2D eigenvalue weighted by molar-refractivity contribution is -0.00283. The first-order valence-corrected chi connectivity index (χ1v) is 4.60. The normalized spacial score (nSPS) is 10.4. The highest BCUT2D eigenvalue weighted by atomic mass is 16.6. The van der Waals surface area contributed by atoms with Gasteiger partial charge in [0.2, 0.25) is 0 Å². The summed E-state index contributed by atoms with van der Waals surface area (Å²) in [7, 11) is 0. The topological polar surface area (TPSA) is 29.5 Å². The van der Waals surface area contributed by atoms with Crippen molar-refractivity contribution in [3.8, 4) is 0 Å². The van der Waals surface area contributed by atoms with Crippen LogP contribution in [0.1, 0.15) is 45.4 Å². The van der Waals surface area contributed by atoms with E-state index in [0.717, 1.165) is 6.42 Å². The standard InChI is InChI=1S/C9H20O2/c1-2-3-4-5-6-7-8-11-9-10/h10H,2-9H2,1H3. The minimum atomic E-state index is -0.130. The van der Waals surface area contributed by atoms with Gasteiger partial charge in [-0.15, -0.1) is 0 Å². The van der Waals surface area contributed by atoms with Crippen LogP contribution in [0.15, 0.2) is 0 Å². The average molecular weight is 160 g/mol. The largest absolute Gasteiger partial charge is 0.371 e. The Morgan fingerprint density at radius 3 is 2.27 bits per heavy atom. The van der Waals surface area contributed by atoms with Crippen molar-refractivity contribution in [2.45, 2.75) is 45.4 Å². The van der Waals surface area contributed by atoms with Crippen molar-refractivity contribution < 1.29 is 9.84 Å². The molecule has 2 heteroatoms. The smallest absolute Gasteiger partial charge is 0.143 e. The summed E-state index contributed by atoms with van der Waals surface area (Å²) in [5.74, 6) is 0. The molecule has 0 aromatic rings. The molecule has 0 radical (unpaired) electrons. The molecule has 2 nitrogen and oxygen atoms in total. The summed E-state index contributed by atoms with van der Waals surface area (Å²) in [6.45, 7) is 2.80. The second-order valence-electron chi connectivity index (χ2n) is 2.81. The van der Waals surface area contributed by atoms with Gasteiger partial charge in [0.15, 0.2) is 0 Å². The summed E-state index contributed by atoms with van der Waals surface area (Å²) < 4.78 is 4.80. The van der Waals surface area contributed by atoms with Crippen molar-refractivity contribution in [3.05, 3.63) is 0 Å². The molecule has 0 saturated heterocycles. The van der Waals surface area contributed by atoms with E-state index in [1.807, 2.05) is 0 Å². The van der Waals surface area contributed by atoms with E-state index in [4.69, 9.17) is 9.84 Å². The third-order valence-corrected chi connectivity index (χ3v) is 1.73. The number of aliphatic hydroxyl groups is 1. The Morgan fingerprint density at radius 2 is 1.64 bits per heavy atom. The summed E-state index contributed by atoms with van der Waals surface area (Å²) in [5, 5.41) is 8.28. The first kappa shape index (κ1) is 10.9. The molecule has 0 atom stereocenters. The number of rotatable bonds is 8. The molecule has 1 N–H and O–H groups in total. The fourth-order valence-electron chi connectivity index (χ4n) is 1.05. The molecule has 0 amide bonds. The maximum Gasteiger partial charge on any atom is 0.143 e. The van der Waals surface area contributed by atoms with Gasteiger partial charge in [0.25, 0.3) is 0 Å². The fourth-order valence-corrected chi connectivity index (χ4v) is 1.05. The van der Waals surface area contributed by atoms with Crippen LogP contribution in [-0.4, -0.2) is 18.5 Å². The molecule has 11 heavy (non-hydrogen) atoms. The molecule has 0 aliphatic heterocycles. The Kier molecular flexibility index (Phi) is 9.85. The number of hydrogen-bond donors (Lipinski definition) is 1. The van der Waals surface area contributed by atoms with Gasteiger partial charge < -0.3 is 9.84 Å². The van der Waals surface area contributed by atoms with E-state index in [-0.39, 0.29) is 6.79 Å². The Hall–Kier alpha value is -0.0800. The van der Waals surface area contributed by atoms with Gasteiger partial charge in [0, 0.05) is 6.61 Å². The van der Waals surface area contributed by atoms with Gasteiger partial charge in [-0.2, -0.15) is 0 Å². The van der Waals surface area contributed by atoms with Gasteiger partial charge in [-0.05, 0) is 6.42 Å². The Morgan fingerprint density at radius 1 is 1.00 bits per heavy atom. The predicted octanol–water partition coefficient (Wildman–Crippen LogP) is 2.31. The minimum absolute atomic E-state index is 0.130. The molecular formula is C9H20O2. The molecule has 0 bridgehead atoms. The van der Waals surface area contributed by atoms with E-state index in [1.54, 1.807) is 0 Å². The molecule has 0 fully saturated rings. The Balaban J connectivity index is 2.69. The second kappa shape index (κ2) is 9.92. The number of unbranched alkanes of at least 4 members (excludes halogenated alkanes) is 5. The van der Waals surface area contributed by atoms with E-state index >= 15 is 0 Å². The van der Waals surface area contributed by atoms with Gasteiger partial charge in [0.1, 0.15) is 6.79 Å². The van der Waals surface area contributed by atoms with Crippen LogP contribution in [-0.2, 0) is 4.74 Å². The number of aliphatic hydroxyl groups excluding tert-OH is 1. The molecule has 0 heterocycles. The summed E-state index contributed by atoms with van der Waals surface area (Å²) in [6, 6.07) is 0. The van der Waals surface area contributed by atoms with Crippen molar-refractivity contribution in [1.82, 2.24) is 0 Å². The zero-order valence-corrected chi connectivity index (χ0v) is 7.51. The molecule has 0 rings (SSSR count). The van der Waals surface area contributed by atoms with Crippen LogP contribution in [0.2, 0.25) is 0 Å². The maximum atomic E-state index is 8.28. The van der Waals surface area contributed by atoms with Crippen LogP contribution < -0.4 is 0 Å². The van der Waals surface area contributed by atoms with E-state index in [0.29, 0.717) is 6.61 Å². The van der Waals surface area contributed by atoms with E-state index < -0.39 is 0 Å². The Bertz CT molecular complexity index is 56.6. The lowest BCUT2D eigenvalue weighted by atomic mass is 10.1. The molecule has 0 unspecified atom stereocenters. The van der Waals surface area contributed by atoms with Crippen molar-refractivity contribution in [2.75, 3.05) is 13.4 Å². The number of hydrogen-bond acceptors (Lipinski definition) is 2. The van der Waals surface area contributed by atoms with Crippen LogP contribution in [0.3, 0.4) is 0 Å². The van der Waals surface area contributed by atoms with Crippen molar-refractivity contribution in [1.29, 1.82) is 0 Å². The molecule has 0 aliphatic rings. The molecule has 0 spiro atoms. The van der Waals surface area contributed by atoms with Crippen molar-refractivity contribution in [2.24, 2.45) is 0 Å². The lowest BCUT2D eigenvalue weighted by Crippen LogP contribution is -1.94. The van der Waals surface area contributed by atoms with Crippen LogP contribution in [0.4, 0.5) is 0 Å². The molecule has 0 aromatic heterocycles. The summed E-state index contributed by atoms with van der Waals surface area (Å²) in [4.78, 5) is 0. The molecule has 0 aliphatic carbocycles. The third-order valence-electron chi connectivity index (χ3n) is 1.73. The summed E-state index contributed by atoms with van der Waals surface area (Å²) >= 11 is 0. The van der Waals surface area contributed by atoms with Crippen molar-refractivity contribution >= 4 is 0 Å². The zero-order chi connectivity index (χ0) is 8.36. The summed E-state index contributed by atoms with van der Waals surface area (Å²) in [5.41, 5.74) is 0. The van der Waals surface area contributed by atoms with E-state index in [9.17, 15) is 0 Å². The average Bonchev–Trinajstić information content (AvgIpc) is 2.03. The quantitative estimate of drug-likeness (QED) is 0.436. The highest BCUT2D eigenvalue weighted by Gasteiger charge is 1.89. The lowest BCUT2D eigenvalue weighted by Gasteiger charge is -2.00. The summed E-state index contributed by atoms with van der Waals surface area (Å²) in [6.07, 6.45) is 7.62. The second-order valence-corrected chi connectivity index (χ2v) is 2.81. The van der Waals surface area contributed by atoms with E-state index in [2.05, 4.69) is 6.92 Å². The van der Waals surface area contributed by atoms with Gasteiger partial charge in [-0.25, -0.2) is 0 Å². The first-order chi connectivity index (χ1) is 5.41. The van der Waals surface area contributed by atoms with Gasteiger partial charge >= 0.3 is 0 Å². The maximum absolute atomic E-state index is 8.28. The van der Waals surface area contributed by atoms with Crippen LogP contribution in [0.5, 0.6) is 0 Å². The fraction of sp³-hybridized carbons (Fsp3) is 1.00. The highest BCUT2D eigenvalue weighted by Crippen LogP contribution is 2.04. The molecule has 0 saturated carbocycles. The molecule has 0 aromatic carbocycles. The minimum Gasteiger partial charge on any atom is -0.371 e. The van der Waals surface area contributed by atoms with E-state index in [1.165, 1.54) is 32.1 Å². The van der Waals surface area contributed by atoms with Gasteiger partial charge in [0.05, 0.1) is 0 Å². The SMILES string of the molecule is CCCCCCCCOCO. The molecule has 68 valence electrons. The van der Waals surface area contributed by atoms with Crippen molar-refractivity contribution in [3.63, 3.8) is 0 Å². The molecular weight excluding hydrogens is 140 g/mol. The number of ether oxygens (including phenoxy) is 1. The first-order valence-electron chi connectivity index (χ1n) is 4.60. The third kappa shape index (κ3) is 9.92. The predicted molar refractivity (Wildman–Crippen MR) is 46.4 cm³/mol. The van der Waals surface area contributed by atoms with Crippen LogP contribution in [0, 0.1) is 0 Å². The van der Waals surface area contributed by atoms with Gasteiger partial charge in [-0.1, -0.05) is 39.0 Å². The van der Waals surface area contributed by atoms with Gasteiger partial charge in [-0.3, -0.25) is 0 Å². The monoisotopic (exact) mass is 160 g/mol. The highest BCUT2D eigenvalue weighted by molar-refractivity contribution is 4.42. The Labute approximate surface area is 69.6 Å². The van der Waals surface area contributed by atoms with Crippen LogP contribution in [0.25, 0.3) is 0 Å². The van der Waals surface area contributed by atoms with Crippen LogP contribution >= 0.6 is 0 Å². The zero-order valence-electron chi connectivity index (χ0n) is 7.51.